The van der Waals surface area contributed by atoms with Gasteiger partial charge in [-0.2, -0.15) is 0 Å². The molecule has 1 aliphatic rings. The Balaban J connectivity index is 2.87. The third-order valence-corrected chi connectivity index (χ3v) is 3.29. The van der Waals surface area contributed by atoms with Crippen molar-refractivity contribution in [2.24, 2.45) is 11.3 Å². The molecule has 0 amide bonds. The van der Waals surface area contributed by atoms with Crippen LogP contribution in [0.2, 0.25) is 0 Å². The van der Waals surface area contributed by atoms with E-state index in [4.69, 9.17) is 0 Å². The van der Waals surface area contributed by atoms with Crippen molar-refractivity contribution in [2.75, 3.05) is 0 Å². The summed E-state index contributed by atoms with van der Waals surface area (Å²) >= 11 is 0. The predicted molar refractivity (Wildman–Crippen MR) is 70.3 cm³/mol. The highest BCUT2D eigenvalue weighted by Crippen LogP contribution is 2.39. The van der Waals surface area contributed by atoms with Crippen LogP contribution in [0.15, 0.2) is 23.8 Å². The zero-order valence-corrected chi connectivity index (χ0v) is 11.4. The van der Waals surface area contributed by atoms with Crippen LogP contribution in [0.3, 0.4) is 0 Å². The summed E-state index contributed by atoms with van der Waals surface area (Å²) in [4.78, 5) is 0. The van der Waals surface area contributed by atoms with Crippen LogP contribution in [0.25, 0.3) is 0 Å². The Hall–Kier alpha value is -0.560. The number of aliphatic hydroxyl groups is 1. The van der Waals surface area contributed by atoms with Crippen molar-refractivity contribution in [2.45, 2.75) is 59.5 Å². The molecule has 16 heavy (non-hydrogen) atoms. The summed E-state index contributed by atoms with van der Waals surface area (Å²) in [6.07, 6.45) is 10.1. The molecule has 2 atom stereocenters. The highest BCUT2D eigenvalue weighted by molar-refractivity contribution is 5.34. The second-order valence-electron chi connectivity index (χ2n) is 6.14. The van der Waals surface area contributed by atoms with Crippen molar-refractivity contribution in [1.29, 1.82) is 0 Å². The van der Waals surface area contributed by atoms with Crippen LogP contribution < -0.4 is 0 Å². The number of hydrogen-bond donors (Lipinski definition) is 1. The van der Waals surface area contributed by atoms with Crippen LogP contribution >= 0.6 is 0 Å². The molecule has 0 saturated carbocycles. The van der Waals surface area contributed by atoms with Crippen molar-refractivity contribution in [3.8, 4) is 0 Å². The molecule has 1 heteroatoms. The predicted octanol–water partition coefficient (Wildman–Crippen LogP) is 4.09. The van der Waals surface area contributed by atoms with E-state index in [-0.39, 0.29) is 5.41 Å². The fourth-order valence-electron chi connectivity index (χ4n) is 2.47. The van der Waals surface area contributed by atoms with Crippen LogP contribution in [0, 0.1) is 11.3 Å². The Bertz CT molecular complexity index is 289. The Morgan fingerprint density at radius 3 is 2.50 bits per heavy atom. The molecule has 1 nitrogen and oxygen atoms in total. The van der Waals surface area contributed by atoms with Crippen LogP contribution in [0.4, 0.5) is 0 Å². The fraction of sp³-hybridized carbons (Fsp3) is 0.733. The minimum absolute atomic E-state index is 0.0404. The topological polar surface area (TPSA) is 20.2 Å². The van der Waals surface area contributed by atoms with E-state index in [1.807, 2.05) is 13.0 Å². The van der Waals surface area contributed by atoms with E-state index in [0.29, 0.717) is 5.92 Å². The van der Waals surface area contributed by atoms with Gasteiger partial charge in [-0.05, 0) is 30.3 Å². The first-order valence-corrected chi connectivity index (χ1v) is 6.42. The van der Waals surface area contributed by atoms with E-state index in [1.54, 1.807) is 0 Å². The van der Waals surface area contributed by atoms with Crippen molar-refractivity contribution in [1.82, 2.24) is 0 Å². The number of hydrogen-bond acceptors (Lipinski definition) is 1. The summed E-state index contributed by atoms with van der Waals surface area (Å²) in [6, 6.07) is 0. The van der Waals surface area contributed by atoms with Crippen molar-refractivity contribution in [3.05, 3.63) is 23.8 Å². The third-order valence-electron chi connectivity index (χ3n) is 3.29. The highest BCUT2D eigenvalue weighted by atomic mass is 16.3. The molecule has 0 spiro atoms. The van der Waals surface area contributed by atoms with Gasteiger partial charge < -0.3 is 5.11 Å². The van der Waals surface area contributed by atoms with Gasteiger partial charge in [0.05, 0.1) is 0 Å². The van der Waals surface area contributed by atoms with Crippen molar-refractivity contribution in [3.63, 3.8) is 0 Å². The van der Waals surface area contributed by atoms with Gasteiger partial charge in [-0.1, -0.05) is 58.8 Å². The molecule has 0 aromatic rings. The zero-order chi connectivity index (χ0) is 12.4. The van der Waals surface area contributed by atoms with E-state index in [9.17, 15) is 5.11 Å². The lowest BCUT2D eigenvalue weighted by Gasteiger charge is -2.37. The van der Waals surface area contributed by atoms with E-state index < -0.39 is 5.60 Å². The van der Waals surface area contributed by atoms with Gasteiger partial charge >= 0.3 is 0 Å². The molecule has 1 N–H and O–H groups in total. The summed E-state index contributed by atoms with van der Waals surface area (Å²) in [5.41, 5.74) is 0.434. The number of allylic oxidation sites excluding steroid dienone is 2. The molecule has 2 unspecified atom stereocenters. The smallest absolute Gasteiger partial charge is 0.101 e. The lowest BCUT2D eigenvalue weighted by atomic mass is 9.72. The van der Waals surface area contributed by atoms with E-state index in [2.05, 4.69) is 39.8 Å². The van der Waals surface area contributed by atoms with Crippen LogP contribution in [0.1, 0.15) is 53.9 Å². The van der Waals surface area contributed by atoms with E-state index in [1.165, 1.54) is 19.3 Å². The maximum absolute atomic E-state index is 10.4. The molecule has 0 aliphatic heterocycles. The largest absolute Gasteiger partial charge is 0.382 e. The first-order valence-electron chi connectivity index (χ1n) is 6.42. The standard InChI is InChI=1S/C15H26O/c1-6-7-8-12-9-10-15(5,16)13(11-12)14(2,3)4/h9-12,16H,6-8H2,1-5H3. The Kier molecular flexibility index (Phi) is 4.01. The SMILES string of the molecule is CCCCC1C=CC(C)(O)C(C(C)(C)C)=C1. The van der Waals surface area contributed by atoms with Crippen LogP contribution in [-0.2, 0) is 0 Å². The summed E-state index contributed by atoms with van der Waals surface area (Å²) < 4.78 is 0. The molecule has 0 aromatic carbocycles. The lowest BCUT2D eigenvalue weighted by molar-refractivity contribution is 0.123. The summed E-state index contributed by atoms with van der Waals surface area (Å²) in [6.45, 7) is 10.6. The molecular formula is C15H26O. The van der Waals surface area contributed by atoms with Gasteiger partial charge in [0.25, 0.3) is 0 Å². The van der Waals surface area contributed by atoms with E-state index >= 15 is 0 Å². The molecule has 0 fully saturated rings. The van der Waals surface area contributed by atoms with E-state index in [0.717, 1.165) is 5.57 Å². The van der Waals surface area contributed by atoms with Gasteiger partial charge in [-0.3, -0.25) is 0 Å². The lowest BCUT2D eigenvalue weighted by Crippen LogP contribution is -2.34. The summed E-state index contributed by atoms with van der Waals surface area (Å²) in [5, 5.41) is 10.4. The van der Waals surface area contributed by atoms with Crippen molar-refractivity contribution < 1.29 is 5.11 Å². The average Bonchev–Trinajstić information content (AvgIpc) is 2.14. The number of unbranched alkanes of at least 4 members (excludes halogenated alkanes) is 1. The second kappa shape index (κ2) is 4.75. The van der Waals surface area contributed by atoms with Gasteiger partial charge in [0.15, 0.2) is 0 Å². The molecule has 0 heterocycles. The Morgan fingerprint density at radius 2 is 2.00 bits per heavy atom. The monoisotopic (exact) mass is 222 g/mol. The molecule has 0 bridgehead atoms. The second-order valence-corrected chi connectivity index (χ2v) is 6.14. The maximum atomic E-state index is 10.4. The molecular weight excluding hydrogens is 196 g/mol. The molecule has 0 aromatic heterocycles. The fourth-order valence-corrected chi connectivity index (χ4v) is 2.47. The molecule has 92 valence electrons. The first-order chi connectivity index (χ1) is 7.27. The normalized spacial score (nSPS) is 30.4. The van der Waals surface area contributed by atoms with Crippen LogP contribution in [-0.4, -0.2) is 10.7 Å². The average molecular weight is 222 g/mol. The van der Waals surface area contributed by atoms with Gasteiger partial charge in [0.2, 0.25) is 0 Å². The summed E-state index contributed by atoms with van der Waals surface area (Å²) in [5.74, 6) is 0.509. The van der Waals surface area contributed by atoms with Crippen molar-refractivity contribution >= 4 is 0 Å². The third kappa shape index (κ3) is 3.21. The minimum Gasteiger partial charge on any atom is -0.382 e. The minimum atomic E-state index is -0.763. The van der Waals surface area contributed by atoms with Gasteiger partial charge in [-0.15, -0.1) is 0 Å². The molecule has 0 saturated heterocycles. The Labute approximate surface area is 100 Å². The number of rotatable bonds is 3. The van der Waals surface area contributed by atoms with Crippen LogP contribution in [0.5, 0.6) is 0 Å². The van der Waals surface area contributed by atoms with Gasteiger partial charge in [-0.25, -0.2) is 0 Å². The zero-order valence-electron chi connectivity index (χ0n) is 11.4. The molecule has 1 rings (SSSR count). The quantitative estimate of drug-likeness (QED) is 0.713. The van der Waals surface area contributed by atoms with Gasteiger partial charge in [0.1, 0.15) is 5.60 Å². The molecule has 1 aliphatic carbocycles. The highest BCUT2D eigenvalue weighted by Gasteiger charge is 2.34. The Morgan fingerprint density at radius 1 is 1.38 bits per heavy atom. The first kappa shape index (κ1) is 13.5. The summed E-state index contributed by atoms with van der Waals surface area (Å²) in [7, 11) is 0. The molecule has 0 radical (unpaired) electrons. The van der Waals surface area contributed by atoms with Gasteiger partial charge in [0, 0.05) is 0 Å². The maximum Gasteiger partial charge on any atom is 0.101 e.